The number of aliphatic hydroxyl groups is 1. The van der Waals surface area contributed by atoms with Crippen LogP contribution in [-0.2, 0) is 6.42 Å². The van der Waals surface area contributed by atoms with Gasteiger partial charge in [0.25, 0.3) is 0 Å². The van der Waals surface area contributed by atoms with Crippen LogP contribution in [0, 0.1) is 0 Å². The average molecular weight is 301 g/mol. The first kappa shape index (κ1) is 14.5. The van der Waals surface area contributed by atoms with Crippen LogP contribution in [0.5, 0.6) is 17.2 Å². The van der Waals surface area contributed by atoms with E-state index in [1.54, 1.807) is 0 Å². The highest BCUT2D eigenvalue weighted by Gasteiger charge is 2.18. The fourth-order valence-electron chi connectivity index (χ4n) is 1.91. The third-order valence-electron chi connectivity index (χ3n) is 2.86. The van der Waals surface area contributed by atoms with Crippen molar-refractivity contribution in [3.63, 3.8) is 0 Å². The van der Waals surface area contributed by atoms with Gasteiger partial charge in [-0.1, -0.05) is 0 Å². The van der Waals surface area contributed by atoms with Crippen LogP contribution in [0.2, 0.25) is 0 Å². The lowest BCUT2D eigenvalue weighted by atomic mass is 10.1. The molecule has 0 saturated carbocycles. The lowest BCUT2D eigenvalue weighted by molar-refractivity contribution is 0.286. The van der Waals surface area contributed by atoms with Crippen molar-refractivity contribution in [2.75, 3.05) is 13.7 Å². The Morgan fingerprint density at radius 1 is 1.40 bits per heavy atom. The molecule has 2 aromatic rings. The van der Waals surface area contributed by atoms with Gasteiger partial charge in [-0.25, -0.2) is 4.79 Å². The maximum absolute atomic E-state index is 11.9. The number of hydrogen-bond donors (Lipinski definition) is 3. The Hall–Kier alpha value is -1.92. The van der Waals surface area contributed by atoms with Gasteiger partial charge in [0.15, 0.2) is 11.5 Å². The number of ether oxygens (including phenoxy) is 1. The van der Waals surface area contributed by atoms with Crippen molar-refractivity contribution in [2.45, 2.75) is 11.8 Å². The quantitative estimate of drug-likeness (QED) is 0.582. The van der Waals surface area contributed by atoms with Crippen molar-refractivity contribution in [3.8, 4) is 17.2 Å². The number of fused-ring (bicyclic) bond motifs is 1. The summed E-state index contributed by atoms with van der Waals surface area (Å²) in [6.45, 7) is -0.279. The number of benzene rings is 1. The zero-order chi connectivity index (χ0) is 14.9. The van der Waals surface area contributed by atoms with E-state index in [4.69, 9.17) is 25.9 Å². The highest BCUT2D eigenvalue weighted by atomic mass is 35.5. The number of aliphatic hydroxyl groups excluding tert-OH is 1. The molecule has 108 valence electrons. The summed E-state index contributed by atoms with van der Waals surface area (Å²) in [7, 11) is 1.33. The minimum Gasteiger partial charge on any atom is -0.507 e. The summed E-state index contributed by atoms with van der Waals surface area (Å²) < 4.78 is 9.92. The van der Waals surface area contributed by atoms with Crippen molar-refractivity contribution in [2.24, 2.45) is 0 Å². The number of methoxy groups -OCH3 is 1. The fraction of sp³-hybridized carbons (Fsp3) is 0.308. The van der Waals surface area contributed by atoms with Crippen LogP contribution in [0.3, 0.4) is 0 Å². The van der Waals surface area contributed by atoms with Crippen molar-refractivity contribution in [1.82, 2.24) is 0 Å². The molecule has 0 bridgehead atoms. The van der Waals surface area contributed by atoms with Gasteiger partial charge >= 0.3 is 5.63 Å². The Bertz CT molecular complexity index is 693. The number of rotatable bonds is 4. The second-order valence-electron chi connectivity index (χ2n) is 4.22. The van der Waals surface area contributed by atoms with Gasteiger partial charge in [0.2, 0.25) is 0 Å². The molecule has 0 aliphatic carbocycles. The zero-order valence-corrected chi connectivity index (χ0v) is 11.3. The van der Waals surface area contributed by atoms with E-state index in [0.717, 1.165) is 6.07 Å². The molecule has 0 amide bonds. The topological polar surface area (TPSA) is 100 Å². The predicted octanol–water partition coefficient (Wildman–Crippen LogP) is 1.35. The van der Waals surface area contributed by atoms with Gasteiger partial charge in [-0.2, -0.15) is 0 Å². The highest BCUT2D eigenvalue weighted by molar-refractivity contribution is 6.20. The monoisotopic (exact) mass is 300 g/mol. The van der Waals surface area contributed by atoms with Gasteiger partial charge in [-0.15, -0.1) is 11.6 Å². The molecule has 1 atom stereocenters. The van der Waals surface area contributed by atoms with Gasteiger partial charge < -0.3 is 24.5 Å². The predicted molar refractivity (Wildman–Crippen MR) is 72.8 cm³/mol. The summed E-state index contributed by atoms with van der Waals surface area (Å²) in [4.78, 5) is 11.9. The van der Waals surface area contributed by atoms with E-state index in [1.807, 2.05) is 0 Å². The molecule has 1 aromatic carbocycles. The van der Waals surface area contributed by atoms with Crippen molar-refractivity contribution in [1.29, 1.82) is 0 Å². The molecule has 20 heavy (non-hydrogen) atoms. The maximum atomic E-state index is 11.9. The van der Waals surface area contributed by atoms with E-state index < -0.39 is 11.0 Å². The van der Waals surface area contributed by atoms with Crippen molar-refractivity contribution in [3.05, 3.63) is 28.3 Å². The second kappa shape index (κ2) is 5.60. The smallest absolute Gasteiger partial charge is 0.347 e. The Morgan fingerprint density at radius 2 is 2.10 bits per heavy atom. The summed E-state index contributed by atoms with van der Waals surface area (Å²) in [5.74, 6) is -0.389. The molecule has 3 N–H and O–H groups in total. The van der Waals surface area contributed by atoms with Crippen LogP contribution in [-0.4, -0.2) is 34.4 Å². The molecule has 1 aromatic heterocycles. The van der Waals surface area contributed by atoms with Crippen molar-refractivity contribution >= 4 is 22.4 Å². The fourth-order valence-corrected chi connectivity index (χ4v) is 2.06. The largest absolute Gasteiger partial charge is 0.507 e. The van der Waals surface area contributed by atoms with Crippen LogP contribution in [0.4, 0.5) is 0 Å². The summed E-state index contributed by atoms with van der Waals surface area (Å²) in [6.07, 6.45) is 0.112. The number of phenolic OH excluding ortho intramolecular Hbond substituents is 2. The minimum atomic E-state index is -0.797. The van der Waals surface area contributed by atoms with E-state index >= 15 is 0 Å². The van der Waals surface area contributed by atoms with Gasteiger partial charge in [0.1, 0.15) is 16.9 Å². The molecule has 2 rings (SSSR count). The molecule has 0 radical (unpaired) electrons. The SMILES string of the molecule is COc1cc(O)c2c(=O)oc(CC(Cl)CO)cc2c1O. The number of alkyl halides is 1. The first-order chi connectivity index (χ1) is 9.47. The molecule has 1 unspecified atom stereocenters. The second-order valence-corrected chi connectivity index (χ2v) is 4.84. The average Bonchev–Trinajstić information content (AvgIpc) is 2.41. The molecule has 0 spiro atoms. The third kappa shape index (κ3) is 2.52. The first-order valence-corrected chi connectivity index (χ1v) is 6.22. The van der Waals surface area contributed by atoms with Crippen LogP contribution >= 0.6 is 11.6 Å². The summed E-state index contributed by atoms with van der Waals surface area (Å²) in [6, 6.07) is 2.52. The number of hydrogen-bond acceptors (Lipinski definition) is 6. The van der Waals surface area contributed by atoms with E-state index in [2.05, 4.69) is 0 Å². The molecule has 0 saturated heterocycles. The Kier molecular flexibility index (Phi) is 4.06. The summed E-state index contributed by atoms with van der Waals surface area (Å²) in [5.41, 5.74) is -0.797. The lowest BCUT2D eigenvalue weighted by Crippen LogP contribution is -2.11. The Morgan fingerprint density at radius 3 is 2.70 bits per heavy atom. The third-order valence-corrected chi connectivity index (χ3v) is 3.15. The number of halogens is 1. The van der Waals surface area contributed by atoms with Crippen LogP contribution in [0.1, 0.15) is 5.76 Å². The molecule has 0 aliphatic rings. The molecule has 0 fully saturated rings. The highest BCUT2D eigenvalue weighted by Crippen LogP contribution is 2.38. The first-order valence-electron chi connectivity index (χ1n) is 5.78. The molecular weight excluding hydrogens is 288 g/mol. The maximum Gasteiger partial charge on any atom is 0.347 e. The minimum absolute atomic E-state index is 0.0381. The van der Waals surface area contributed by atoms with Gasteiger partial charge in [-0.3, -0.25) is 0 Å². The van der Waals surface area contributed by atoms with E-state index in [1.165, 1.54) is 13.2 Å². The molecule has 1 heterocycles. The lowest BCUT2D eigenvalue weighted by Gasteiger charge is -2.10. The number of phenols is 2. The van der Waals surface area contributed by atoms with E-state index in [-0.39, 0.29) is 46.8 Å². The van der Waals surface area contributed by atoms with E-state index in [0.29, 0.717) is 0 Å². The van der Waals surface area contributed by atoms with Crippen LogP contribution in [0.25, 0.3) is 10.8 Å². The van der Waals surface area contributed by atoms with Crippen molar-refractivity contribution < 1.29 is 24.5 Å². The van der Waals surface area contributed by atoms with Gasteiger partial charge in [0, 0.05) is 17.9 Å². The Balaban J connectivity index is 2.69. The van der Waals surface area contributed by atoms with Crippen LogP contribution in [0.15, 0.2) is 21.3 Å². The van der Waals surface area contributed by atoms with Gasteiger partial charge in [0.05, 0.1) is 19.1 Å². The van der Waals surface area contributed by atoms with E-state index in [9.17, 15) is 15.0 Å². The molecule has 7 heteroatoms. The molecule has 0 aliphatic heterocycles. The molecular formula is C13H13ClO6. The van der Waals surface area contributed by atoms with Gasteiger partial charge in [-0.05, 0) is 6.07 Å². The zero-order valence-electron chi connectivity index (χ0n) is 10.6. The van der Waals surface area contributed by atoms with Crippen LogP contribution < -0.4 is 10.4 Å². The summed E-state index contributed by atoms with van der Waals surface area (Å²) in [5, 5.41) is 28.1. The number of aromatic hydroxyl groups is 2. The normalized spacial score (nSPS) is 12.6. The summed E-state index contributed by atoms with van der Waals surface area (Å²) >= 11 is 5.78. The molecule has 6 nitrogen and oxygen atoms in total. The standard InChI is InChI=1S/C13H13ClO6/c1-19-10-4-9(16)11-8(12(10)17)3-7(20-13(11)18)2-6(14)5-15/h3-4,6,15-17H,2,5H2,1H3. The Labute approximate surface area is 118 Å².